The van der Waals surface area contributed by atoms with E-state index in [2.05, 4.69) is 26.2 Å². The van der Waals surface area contributed by atoms with E-state index in [4.69, 9.17) is 23.8 Å². The minimum absolute atomic E-state index is 0.163. The van der Waals surface area contributed by atoms with Gasteiger partial charge in [0.15, 0.2) is 4.32 Å². The summed E-state index contributed by atoms with van der Waals surface area (Å²) in [6, 6.07) is 7.67. The molecule has 2 nitrogen and oxygen atoms in total. The summed E-state index contributed by atoms with van der Waals surface area (Å²) in [6.45, 7) is 10.6. The van der Waals surface area contributed by atoms with Gasteiger partial charge in [-0.15, -0.1) is 0 Å². The van der Waals surface area contributed by atoms with Crippen molar-refractivity contribution < 1.29 is 0 Å². The molecule has 1 aromatic rings. The predicted octanol–water partition coefficient (Wildman–Crippen LogP) is 5.08. The molecule has 1 aliphatic rings. The number of hydrazine groups is 1. The van der Waals surface area contributed by atoms with E-state index in [1.54, 1.807) is 11.8 Å². The summed E-state index contributed by atoms with van der Waals surface area (Å²) in [7, 11) is 0. The highest BCUT2D eigenvalue weighted by molar-refractivity contribution is 8.24. The van der Waals surface area contributed by atoms with Gasteiger partial charge in [-0.1, -0.05) is 70.2 Å². The molecule has 1 aromatic carbocycles. The average molecular weight is 317 g/mol. The van der Waals surface area contributed by atoms with E-state index < -0.39 is 0 Å². The highest BCUT2D eigenvalue weighted by Crippen LogP contribution is 2.36. The molecule has 1 aliphatic heterocycles. The van der Waals surface area contributed by atoms with E-state index in [-0.39, 0.29) is 5.41 Å². The van der Waals surface area contributed by atoms with Crippen molar-refractivity contribution in [3.63, 3.8) is 0 Å². The van der Waals surface area contributed by atoms with Crippen LogP contribution in [0.15, 0.2) is 24.3 Å². The maximum absolute atomic E-state index is 5.88. The van der Waals surface area contributed by atoms with Gasteiger partial charge in [-0.2, -0.15) is 0 Å². The Morgan fingerprint density at radius 1 is 1.21 bits per heavy atom. The van der Waals surface area contributed by atoms with Crippen LogP contribution in [-0.4, -0.2) is 9.69 Å². The van der Waals surface area contributed by atoms with Crippen LogP contribution in [0.25, 0.3) is 0 Å². The quantitative estimate of drug-likeness (QED) is 0.726. The maximum Gasteiger partial charge on any atom is 0.157 e. The first-order valence-corrected chi connectivity index (χ1v) is 8.07. The lowest BCUT2D eigenvalue weighted by atomic mass is 9.97. The molecule has 1 N–H and O–H groups in total. The van der Waals surface area contributed by atoms with Gasteiger partial charge in [-0.3, -0.25) is 5.01 Å². The molecule has 0 aliphatic carbocycles. The number of rotatable bonds is 1. The van der Waals surface area contributed by atoms with Crippen molar-refractivity contribution in [3.8, 4) is 0 Å². The summed E-state index contributed by atoms with van der Waals surface area (Å²) in [5.74, 6) is 0. The Labute approximate surface area is 130 Å². The second kappa shape index (κ2) is 6.93. The smallest absolute Gasteiger partial charge is 0.157 e. The predicted molar refractivity (Wildman–Crippen MR) is 91.8 cm³/mol. The number of benzene rings is 1. The van der Waals surface area contributed by atoms with Crippen molar-refractivity contribution in [1.29, 1.82) is 0 Å². The second-order valence-electron chi connectivity index (χ2n) is 5.07. The van der Waals surface area contributed by atoms with E-state index in [1.165, 1.54) is 0 Å². The summed E-state index contributed by atoms with van der Waals surface area (Å²) in [5, 5.41) is 2.98. The number of anilines is 1. The Hall–Kier alpha value is -0.290. The van der Waals surface area contributed by atoms with Crippen molar-refractivity contribution in [2.45, 2.75) is 40.0 Å². The summed E-state index contributed by atoms with van der Waals surface area (Å²) in [4.78, 5) is 0. The van der Waals surface area contributed by atoms with Gasteiger partial charge < -0.3 is 0 Å². The first kappa shape index (κ1) is 16.8. The minimum atomic E-state index is 0.163. The zero-order chi connectivity index (χ0) is 14.6. The molecule has 5 heteroatoms. The van der Waals surface area contributed by atoms with Crippen molar-refractivity contribution in [2.75, 3.05) is 5.01 Å². The fraction of sp³-hybridized carbons (Fsp3) is 0.500. The standard InChI is InChI=1S/C12H15ClN2S2.C2H6/c1-12(2,3)10-14-15(11(16)17-10)9-6-4-8(13)5-7-9;1-2/h4-7,10,14H,1-3H3;1-2H3. The monoisotopic (exact) mass is 316 g/mol. The van der Waals surface area contributed by atoms with E-state index in [0.29, 0.717) is 5.37 Å². The van der Waals surface area contributed by atoms with Gasteiger partial charge in [-0.05, 0) is 29.7 Å². The van der Waals surface area contributed by atoms with Crippen molar-refractivity contribution >= 4 is 45.6 Å². The molecule has 0 radical (unpaired) electrons. The third kappa shape index (κ3) is 4.35. The Morgan fingerprint density at radius 2 is 1.74 bits per heavy atom. The molecule has 1 fully saturated rings. The van der Waals surface area contributed by atoms with Crippen LogP contribution >= 0.6 is 35.6 Å². The second-order valence-corrected chi connectivity index (χ2v) is 7.25. The van der Waals surface area contributed by atoms with Gasteiger partial charge in [0.1, 0.15) is 0 Å². The fourth-order valence-electron chi connectivity index (χ4n) is 1.49. The first-order chi connectivity index (χ1) is 8.88. The van der Waals surface area contributed by atoms with Gasteiger partial charge >= 0.3 is 0 Å². The van der Waals surface area contributed by atoms with E-state index in [0.717, 1.165) is 15.0 Å². The number of nitrogens with one attached hydrogen (secondary N) is 1. The number of nitrogens with zero attached hydrogens (tertiary/aromatic N) is 1. The maximum atomic E-state index is 5.88. The fourth-order valence-corrected chi connectivity index (χ4v) is 3.04. The zero-order valence-electron chi connectivity index (χ0n) is 12.0. The van der Waals surface area contributed by atoms with Crippen LogP contribution in [-0.2, 0) is 0 Å². The van der Waals surface area contributed by atoms with Gasteiger partial charge in [0.25, 0.3) is 0 Å². The summed E-state index contributed by atoms with van der Waals surface area (Å²) in [5.41, 5.74) is 4.62. The van der Waals surface area contributed by atoms with Gasteiger partial charge in [0.05, 0.1) is 11.1 Å². The molecule has 106 valence electrons. The first-order valence-electron chi connectivity index (χ1n) is 6.40. The van der Waals surface area contributed by atoms with E-state index >= 15 is 0 Å². The summed E-state index contributed by atoms with van der Waals surface area (Å²) in [6.07, 6.45) is 0. The Morgan fingerprint density at radius 3 is 2.16 bits per heavy atom. The van der Waals surface area contributed by atoms with Crippen molar-refractivity contribution in [1.82, 2.24) is 5.43 Å². The molecule has 0 amide bonds. The largest absolute Gasteiger partial charge is 0.259 e. The van der Waals surface area contributed by atoms with Crippen LogP contribution in [0.5, 0.6) is 0 Å². The zero-order valence-corrected chi connectivity index (χ0v) is 14.4. The number of hydrogen-bond donors (Lipinski definition) is 1. The Bertz CT molecular complexity index is 426. The number of thiocarbonyl (C=S) groups is 1. The van der Waals surface area contributed by atoms with Crippen LogP contribution in [0.4, 0.5) is 5.69 Å². The molecular formula is C14H21ClN2S2. The highest BCUT2D eigenvalue weighted by Gasteiger charge is 2.35. The van der Waals surface area contributed by atoms with Gasteiger partial charge in [0.2, 0.25) is 0 Å². The highest BCUT2D eigenvalue weighted by atomic mass is 35.5. The molecule has 0 bridgehead atoms. The number of hydrogen-bond acceptors (Lipinski definition) is 3. The Kier molecular flexibility index (Phi) is 6.12. The molecule has 0 aromatic heterocycles. The molecule has 19 heavy (non-hydrogen) atoms. The lowest BCUT2D eigenvalue weighted by Crippen LogP contribution is -2.42. The van der Waals surface area contributed by atoms with Gasteiger partial charge in [0, 0.05) is 5.02 Å². The van der Waals surface area contributed by atoms with Crippen LogP contribution in [0.3, 0.4) is 0 Å². The van der Waals surface area contributed by atoms with Crippen LogP contribution < -0.4 is 10.4 Å². The molecule has 2 rings (SSSR count). The van der Waals surface area contributed by atoms with E-state index in [1.807, 2.05) is 43.1 Å². The van der Waals surface area contributed by atoms with Crippen LogP contribution in [0.1, 0.15) is 34.6 Å². The topological polar surface area (TPSA) is 15.3 Å². The Balaban J connectivity index is 0.000000861. The average Bonchev–Trinajstić information content (AvgIpc) is 2.75. The minimum Gasteiger partial charge on any atom is -0.259 e. The molecular weight excluding hydrogens is 296 g/mol. The summed E-state index contributed by atoms with van der Waals surface area (Å²) >= 11 is 13.0. The number of thioether (sulfide) groups is 1. The molecule has 1 saturated heterocycles. The number of halogens is 1. The van der Waals surface area contributed by atoms with Gasteiger partial charge in [-0.25, -0.2) is 5.43 Å². The third-order valence-corrected chi connectivity index (χ3v) is 4.67. The van der Waals surface area contributed by atoms with Crippen molar-refractivity contribution in [2.24, 2.45) is 5.41 Å². The van der Waals surface area contributed by atoms with Crippen LogP contribution in [0.2, 0.25) is 5.02 Å². The van der Waals surface area contributed by atoms with Crippen molar-refractivity contribution in [3.05, 3.63) is 29.3 Å². The molecule has 0 saturated carbocycles. The normalized spacial score (nSPS) is 19.2. The molecule has 1 atom stereocenters. The molecule has 1 unspecified atom stereocenters. The van der Waals surface area contributed by atoms with E-state index in [9.17, 15) is 0 Å². The molecule has 0 spiro atoms. The lowest BCUT2D eigenvalue weighted by molar-refractivity contribution is 0.360. The molecule has 1 heterocycles. The van der Waals surface area contributed by atoms with Crippen LogP contribution in [0, 0.1) is 5.41 Å². The lowest BCUT2D eigenvalue weighted by Gasteiger charge is -2.26. The third-order valence-electron chi connectivity index (χ3n) is 2.52. The summed E-state index contributed by atoms with van der Waals surface area (Å²) < 4.78 is 0.854. The SMILES string of the molecule is CC.CC(C)(C)C1NN(c2ccc(Cl)cc2)C(=S)S1.